The Balaban J connectivity index is 2.88. The first-order valence-corrected chi connectivity index (χ1v) is 8.19. The lowest BCUT2D eigenvalue weighted by Gasteiger charge is -2.29. The molecule has 0 saturated carbocycles. The van der Waals surface area contributed by atoms with Crippen molar-refractivity contribution in [1.82, 2.24) is 15.1 Å². The minimum absolute atomic E-state index is 0.211. The number of aryl methyl sites for hydroxylation is 2. The van der Waals surface area contributed by atoms with Crippen LogP contribution in [0.15, 0.2) is 0 Å². The number of aromatic nitrogens is 2. The van der Waals surface area contributed by atoms with Gasteiger partial charge in [0.15, 0.2) is 0 Å². The maximum atomic E-state index is 6.51. The van der Waals surface area contributed by atoms with Crippen LogP contribution in [0.25, 0.3) is 0 Å². The van der Waals surface area contributed by atoms with Crippen molar-refractivity contribution in [2.75, 3.05) is 6.54 Å². The first kappa shape index (κ1) is 17.5. The third kappa shape index (κ3) is 4.49. The van der Waals surface area contributed by atoms with E-state index in [-0.39, 0.29) is 5.41 Å². The van der Waals surface area contributed by atoms with E-state index in [2.05, 4.69) is 56.6 Å². The molecule has 1 aromatic heterocycles. The number of nitrogens with one attached hydrogen (secondary N) is 1. The van der Waals surface area contributed by atoms with Crippen molar-refractivity contribution in [2.24, 2.45) is 5.41 Å². The normalized spacial score (nSPS) is 13.8. The molecule has 4 heteroatoms. The summed E-state index contributed by atoms with van der Waals surface area (Å²) in [5.74, 6) is 0. The second kappa shape index (κ2) is 7.46. The Morgan fingerprint density at radius 3 is 2.45 bits per heavy atom. The predicted molar refractivity (Wildman–Crippen MR) is 87.5 cm³/mol. The Kier molecular flexibility index (Phi) is 6.53. The largest absolute Gasteiger partial charge is 0.315 e. The van der Waals surface area contributed by atoms with E-state index in [4.69, 9.17) is 11.6 Å². The zero-order valence-electron chi connectivity index (χ0n) is 13.9. The molecule has 1 aromatic rings. The molecule has 0 aliphatic rings. The van der Waals surface area contributed by atoms with Gasteiger partial charge in [0.25, 0.3) is 0 Å². The van der Waals surface area contributed by atoms with Crippen molar-refractivity contribution < 1.29 is 0 Å². The second-order valence-corrected chi connectivity index (χ2v) is 6.76. The van der Waals surface area contributed by atoms with E-state index < -0.39 is 0 Å². The molecule has 0 amide bonds. The van der Waals surface area contributed by atoms with Gasteiger partial charge in [0, 0.05) is 12.6 Å². The molecule has 3 nitrogen and oxygen atoms in total. The van der Waals surface area contributed by atoms with E-state index in [0.717, 1.165) is 43.1 Å². The monoisotopic (exact) mass is 299 g/mol. The lowest BCUT2D eigenvalue weighted by Crippen LogP contribution is -2.32. The molecule has 1 atom stereocenters. The van der Waals surface area contributed by atoms with Crippen LogP contribution in [-0.4, -0.2) is 22.4 Å². The highest BCUT2D eigenvalue weighted by Crippen LogP contribution is 2.32. The van der Waals surface area contributed by atoms with Crippen LogP contribution in [0, 0.1) is 5.41 Å². The van der Waals surface area contributed by atoms with E-state index in [1.165, 1.54) is 5.69 Å². The average Bonchev–Trinajstić information content (AvgIpc) is 2.65. The zero-order chi connectivity index (χ0) is 15.3. The number of nitrogens with zero attached hydrogens (tertiary/aromatic N) is 2. The van der Waals surface area contributed by atoms with Crippen molar-refractivity contribution in [3.63, 3.8) is 0 Å². The molecule has 0 spiro atoms. The summed E-state index contributed by atoms with van der Waals surface area (Å²) in [5.41, 5.74) is 2.43. The first-order valence-electron chi connectivity index (χ1n) is 7.82. The van der Waals surface area contributed by atoms with E-state index in [0.29, 0.717) is 6.04 Å². The molecule has 116 valence electrons. The summed E-state index contributed by atoms with van der Waals surface area (Å²) in [4.78, 5) is 0. The molecule has 1 rings (SSSR count). The highest BCUT2D eigenvalue weighted by Gasteiger charge is 2.26. The molecule has 0 fully saturated rings. The van der Waals surface area contributed by atoms with Gasteiger partial charge < -0.3 is 5.32 Å². The van der Waals surface area contributed by atoms with Crippen LogP contribution in [-0.2, 0) is 19.4 Å². The molecule has 0 bridgehead atoms. The average molecular weight is 300 g/mol. The zero-order valence-corrected chi connectivity index (χ0v) is 14.6. The van der Waals surface area contributed by atoms with Crippen LogP contribution >= 0.6 is 11.6 Å². The molecular weight excluding hydrogens is 270 g/mol. The van der Waals surface area contributed by atoms with Gasteiger partial charge in [-0.3, -0.25) is 4.68 Å². The van der Waals surface area contributed by atoms with E-state index in [1.54, 1.807) is 0 Å². The number of hydrogen-bond donors (Lipinski definition) is 1. The summed E-state index contributed by atoms with van der Waals surface area (Å²) in [7, 11) is 0. The van der Waals surface area contributed by atoms with Crippen LogP contribution in [0.5, 0.6) is 0 Å². The lowest BCUT2D eigenvalue weighted by molar-refractivity contribution is 0.282. The smallest absolute Gasteiger partial charge is 0.0850 e. The molecule has 0 saturated heterocycles. The van der Waals surface area contributed by atoms with Crippen LogP contribution in [0.4, 0.5) is 0 Å². The Bertz CT molecular complexity index is 424. The van der Waals surface area contributed by atoms with Gasteiger partial charge in [0.05, 0.1) is 16.4 Å². The Morgan fingerprint density at radius 2 is 1.95 bits per heavy atom. The van der Waals surface area contributed by atoms with Crippen molar-refractivity contribution in [3.8, 4) is 0 Å². The quantitative estimate of drug-likeness (QED) is 0.784. The SMILES string of the molecule is CCNC(C)CC(C)(C)Cc1c(Cl)c(CC)nn1CC. The number of halogens is 1. The van der Waals surface area contributed by atoms with Crippen LogP contribution < -0.4 is 5.32 Å². The summed E-state index contributed by atoms with van der Waals surface area (Å²) in [6, 6.07) is 0.525. The number of rotatable bonds is 8. The summed E-state index contributed by atoms with van der Waals surface area (Å²) in [5, 5.41) is 8.98. The fraction of sp³-hybridized carbons (Fsp3) is 0.812. The fourth-order valence-corrected chi connectivity index (χ4v) is 3.30. The molecule has 1 unspecified atom stereocenters. The van der Waals surface area contributed by atoms with Gasteiger partial charge in [-0.25, -0.2) is 0 Å². The minimum Gasteiger partial charge on any atom is -0.315 e. The van der Waals surface area contributed by atoms with Crippen molar-refractivity contribution in [2.45, 2.75) is 73.4 Å². The third-order valence-electron chi connectivity index (χ3n) is 3.75. The third-order valence-corrected chi connectivity index (χ3v) is 4.19. The van der Waals surface area contributed by atoms with E-state index in [9.17, 15) is 0 Å². The Hall–Kier alpha value is -0.540. The highest BCUT2D eigenvalue weighted by molar-refractivity contribution is 6.31. The van der Waals surface area contributed by atoms with Crippen LogP contribution in [0.1, 0.15) is 59.4 Å². The Morgan fingerprint density at radius 1 is 1.30 bits per heavy atom. The Labute approximate surface area is 129 Å². The van der Waals surface area contributed by atoms with Gasteiger partial charge in [-0.05, 0) is 45.1 Å². The van der Waals surface area contributed by atoms with Crippen molar-refractivity contribution in [3.05, 3.63) is 16.4 Å². The second-order valence-electron chi connectivity index (χ2n) is 6.38. The van der Waals surface area contributed by atoms with Crippen LogP contribution in [0.2, 0.25) is 5.02 Å². The lowest BCUT2D eigenvalue weighted by atomic mass is 9.81. The van der Waals surface area contributed by atoms with Crippen LogP contribution in [0.3, 0.4) is 0 Å². The van der Waals surface area contributed by atoms with Crippen molar-refractivity contribution in [1.29, 1.82) is 0 Å². The van der Waals surface area contributed by atoms with Gasteiger partial charge in [-0.1, -0.05) is 39.3 Å². The van der Waals surface area contributed by atoms with Gasteiger partial charge in [0.1, 0.15) is 0 Å². The predicted octanol–water partition coefficient (Wildman–Crippen LogP) is 4.08. The van der Waals surface area contributed by atoms with Gasteiger partial charge in [-0.2, -0.15) is 5.10 Å². The maximum absolute atomic E-state index is 6.51. The van der Waals surface area contributed by atoms with E-state index >= 15 is 0 Å². The molecule has 0 aromatic carbocycles. The summed E-state index contributed by atoms with van der Waals surface area (Å²) in [6.45, 7) is 15.2. The summed E-state index contributed by atoms with van der Waals surface area (Å²) >= 11 is 6.51. The fourth-order valence-electron chi connectivity index (χ4n) is 2.96. The summed E-state index contributed by atoms with van der Waals surface area (Å²) in [6.07, 6.45) is 3.00. The summed E-state index contributed by atoms with van der Waals surface area (Å²) < 4.78 is 2.07. The van der Waals surface area contributed by atoms with Gasteiger partial charge >= 0.3 is 0 Å². The topological polar surface area (TPSA) is 29.9 Å². The van der Waals surface area contributed by atoms with Gasteiger partial charge in [-0.15, -0.1) is 0 Å². The molecule has 0 radical (unpaired) electrons. The van der Waals surface area contributed by atoms with E-state index in [1.807, 2.05) is 0 Å². The first-order chi connectivity index (χ1) is 9.34. The minimum atomic E-state index is 0.211. The molecule has 0 aliphatic heterocycles. The molecule has 1 heterocycles. The van der Waals surface area contributed by atoms with Crippen molar-refractivity contribution >= 4 is 11.6 Å². The molecular formula is C16H30ClN3. The maximum Gasteiger partial charge on any atom is 0.0850 e. The van der Waals surface area contributed by atoms with Gasteiger partial charge in [0.2, 0.25) is 0 Å². The standard InChI is InChI=1S/C16H30ClN3/c1-7-13-15(17)14(20(9-3)19-13)11-16(5,6)10-12(4)18-8-2/h12,18H,7-11H2,1-6H3. The molecule has 0 aliphatic carbocycles. The number of hydrogen-bond acceptors (Lipinski definition) is 2. The molecule has 1 N–H and O–H groups in total. The highest BCUT2D eigenvalue weighted by atomic mass is 35.5. The molecule has 20 heavy (non-hydrogen) atoms.